The molecule has 2 heterocycles. The van der Waals surface area contributed by atoms with Crippen LogP contribution in [0.1, 0.15) is 41.6 Å². The molecular formula is C25H31ClN2O3. The average molecular weight is 443 g/mol. The van der Waals surface area contributed by atoms with Crippen LogP contribution in [-0.2, 0) is 0 Å². The van der Waals surface area contributed by atoms with E-state index in [4.69, 9.17) is 16.3 Å². The highest BCUT2D eigenvalue weighted by Gasteiger charge is 2.27. The van der Waals surface area contributed by atoms with Gasteiger partial charge in [-0.15, -0.1) is 0 Å². The molecule has 0 radical (unpaired) electrons. The Morgan fingerprint density at radius 3 is 2.45 bits per heavy atom. The number of anilines is 1. The lowest BCUT2D eigenvalue weighted by atomic mass is 9.94. The minimum absolute atomic E-state index is 0.269. The van der Waals surface area contributed by atoms with Gasteiger partial charge in [-0.1, -0.05) is 23.7 Å². The molecule has 0 aliphatic carbocycles. The van der Waals surface area contributed by atoms with Crippen LogP contribution >= 0.6 is 11.6 Å². The number of carboxylic acid groups (broad SMARTS) is 1. The van der Waals surface area contributed by atoms with E-state index in [-0.39, 0.29) is 6.10 Å². The predicted molar refractivity (Wildman–Crippen MR) is 125 cm³/mol. The molecule has 0 unspecified atom stereocenters. The normalized spacial score (nSPS) is 18.8. The van der Waals surface area contributed by atoms with Gasteiger partial charge in [-0.3, -0.25) is 0 Å². The van der Waals surface area contributed by atoms with Crippen LogP contribution in [-0.4, -0.2) is 54.8 Å². The monoisotopic (exact) mass is 442 g/mol. The molecular weight excluding hydrogens is 412 g/mol. The summed E-state index contributed by atoms with van der Waals surface area (Å²) in [5.41, 5.74) is 2.34. The Balaban J connectivity index is 1.23. The van der Waals surface area contributed by atoms with Crippen LogP contribution in [0, 0.1) is 12.8 Å². The number of aryl methyl sites for hydroxylation is 1. The molecule has 2 aliphatic heterocycles. The van der Waals surface area contributed by atoms with E-state index in [0.717, 1.165) is 80.4 Å². The van der Waals surface area contributed by atoms with E-state index >= 15 is 0 Å². The van der Waals surface area contributed by atoms with Gasteiger partial charge in [-0.05, 0) is 74.4 Å². The number of para-hydroxylation sites is 1. The van der Waals surface area contributed by atoms with Crippen LogP contribution in [0.25, 0.3) is 0 Å². The molecule has 0 bridgehead atoms. The number of aromatic carboxylic acids is 1. The molecule has 2 aromatic carbocycles. The van der Waals surface area contributed by atoms with Gasteiger partial charge in [0.2, 0.25) is 0 Å². The van der Waals surface area contributed by atoms with Gasteiger partial charge in [0.25, 0.3) is 0 Å². The third kappa shape index (κ3) is 5.52. The summed E-state index contributed by atoms with van der Waals surface area (Å²) in [6, 6.07) is 13.2. The van der Waals surface area contributed by atoms with Crippen molar-refractivity contribution in [2.75, 3.05) is 37.6 Å². The first-order valence-electron chi connectivity index (χ1n) is 11.2. The van der Waals surface area contributed by atoms with Crippen molar-refractivity contribution in [3.05, 3.63) is 58.6 Å². The van der Waals surface area contributed by atoms with Gasteiger partial charge in [0, 0.05) is 37.7 Å². The fourth-order valence-electron chi connectivity index (χ4n) is 4.79. The zero-order chi connectivity index (χ0) is 21.8. The highest BCUT2D eigenvalue weighted by molar-refractivity contribution is 6.30. The lowest BCUT2D eigenvalue weighted by Crippen LogP contribution is -2.43. The van der Waals surface area contributed by atoms with Crippen molar-refractivity contribution in [1.29, 1.82) is 0 Å². The van der Waals surface area contributed by atoms with Gasteiger partial charge in [-0.2, -0.15) is 0 Å². The van der Waals surface area contributed by atoms with Crippen LogP contribution in [0.15, 0.2) is 42.5 Å². The van der Waals surface area contributed by atoms with Gasteiger partial charge >= 0.3 is 5.97 Å². The van der Waals surface area contributed by atoms with E-state index in [9.17, 15) is 9.90 Å². The van der Waals surface area contributed by atoms with E-state index in [1.165, 1.54) is 0 Å². The summed E-state index contributed by atoms with van der Waals surface area (Å²) in [4.78, 5) is 16.3. The summed E-state index contributed by atoms with van der Waals surface area (Å²) < 4.78 is 6.23. The molecule has 1 N–H and O–H groups in total. The van der Waals surface area contributed by atoms with Crippen molar-refractivity contribution in [2.24, 2.45) is 5.92 Å². The maximum Gasteiger partial charge on any atom is 0.337 e. The van der Waals surface area contributed by atoms with Crippen LogP contribution in [0.3, 0.4) is 0 Å². The van der Waals surface area contributed by atoms with E-state index in [1.54, 1.807) is 12.1 Å². The zero-order valence-corrected chi connectivity index (χ0v) is 18.9. The Morgan fingerprint density at radius 1 is 1.06 bits per heavy atom. The molecule has 0 saturated carbocycles. The number of piperidine rings is 2. The summed E-state index contributed by atoms with van der Waals surface area (Å²) in [6.07, 6.45) is 4.58. The first kappa shape index (κ1) is 22.0. The number of likely N-dealkylation sites (tertiary alicyclic amines) is 1. The second-order valence-corrected chi connectivity index (χ2v) is 9.22. The highest BCUT2D eigenvalue weighted by atomic mass is 35.5. The predicted octanol–water partition coefficient (Wildman–Crippen LogP) is 5.11. The Labute approximate surface area is 189 Å². The first-order valence-corrected chi connectivity index (χ1v) is 11.6. The zero-order valence-electron chi connectivity index (χ0n) is 18.1. The molecule has 5 nitrogen and oxygen atoms in total. The first-order chi connectivity index (χ1) is 15.0. The average Bonchev–Trinajstić information content (AvgIpc) is 2.77. The maximum atomic E-state index is 11.5. The largest absolute Gasteiger partial charge is 0.490 e. The number of benzene rings is 2. The van der Waals surface area contributed by atoms with E-state index in [2.05, 4.69) is 9.80 Å². The molecule has 2 aliphatic rings. The lowest BCUT2D eigenvalue weighted by Gasteiger charge is -2.38. The second kappa shape index (κ2) is 9.92. The quantitative estimate of drug-likeness (QED) is 0.673. The molecule has 2 aromatic rings. The Morgan fingerprint density at radius 2 is 1.77 bits per heavy atom. The SMILES string of the molecule is Cc1cc(Cl)ccc1OC1CCN(CC2CCN(c3ccccc3C(=O)O)CC2)CC1. The number of ether oxygens (including phenoxy) is 1. The van der Waals surface area contributed by atoms with Crippen molar-refractivity contribution in [3.63, 3.8) is 0 Å². The number of nitrogens with zero attached hydrogens (tertiary/aromatic N) is 2. The Bertz CT molecular complexity index is 903. The number of rotatable bonds is 6. The second-order valence-electron chi connectivity index (χ2n) is 8.78. The smallest absolute Gasteiger partial charge is 0.337 e. The van der Waals surface area contributed by atoms with Gasteiger partial charge < -0.3 is 19.6 Å². The third-order valence-electron chi connectivity index (χ3n) is 6.57. The minimum Gasteiger partial charge on any atom is -0.490 e. The molecule has 4 rings (SSSR count). The summed E-state index contributed by atoms with van der Waals surface area (Å²) in [5.74, 6) is 0.762. The van der Waals surface area contributed by atoms with Crippen molar-refractivity contribution >= 4 is 23.3 Å². The number of hydrogen-bond acceptors (Lipinski definition) is 4. The Kier molecular flexibility index (Phi) is 7.03. The summed E-state index contributed by atoms with van der Waals surface area (Å²) >= 11 is 6.05. The number of halogens is 1. The van der Waals surface area contributed by atoms with Crippen molar-refractivity contribution < 1.29 is 14.6 Å². The maximum absolute atomic E-state index is 11.5. The topological polar surface area (TPSA) is 53.0 Å². The van der Waals surface area contributed by atoms with Crippen LogP contribution in [0.5, 0.6) is 5.75 Å². The number of carboxylic acids is 1. The molecule has 166 valence electrons. The molecule has 31 heavy (non-hydrogen) atoms. The van der Waals surface area contributed by atoms with Crippen LogP contribution in [0.4, 0.5) is 5.69 Å². The van der Waals surface area contributed by atoms with Crippen LogP contribution in [0.2, 0.25) is 5.02 Å². The van der Waals surface area contributed by atoms with Gasteiger partial charge in [0.05, 0.1) is 11.3 Å². The highest BCUT2D eigenvalue weighted by Crippen LogP contribution is 2.29. The molecule has 0 atom stereocenters. The fourth-order valence-corrected chi connectivity index (χ4v) is 5.01. The number of carbonyl (C=O) groups is 1. The molecule has 0 amide bonds. The third-order valence-corrected chi connectivity index (χ3v) is 6.81. The van der Waals surface area contributed by atoms with Gasteiger partial charge in [0.15, 0.2) is 0 Å². The van der Waals surface area contributed by atoms with Crippen molar-refractivity contribution in [2.45, 2.75) is 38.7 Å². The lowest BCUT2D eigenvalue weighted by molar-refractivity contribution is 0.0697. The van der Waals surface area contributed by atoms with Crippen LogP contribution < -0.4 is 9.64 Å². The Hall–Kier alpha value is -2.24. The molecule has 0 spiro atoms. The fraction of sp³-hybridized carbons (Fsp3) is 0.480. The van der Waals surface area contributed by atoms with Crippen molar-refractivity contribution in [1.82, 2.24) is 4.90 Å². The van der Waals surface area contributed by atoms with Gasteiger partial charge in [-0.25, -0.2) is 4.79 Å². The van der Waals surface area contributed by atoms with Crippen molar-refractivity contribution in [3.8, 4) is 5.75 Å². The standard InChI is InChI=1S/C25H31ClN2O3/c1-18-16-20(26)6-7-24(18)31-21-10-12-27(13-11-21)17-19-8-14-28(15-9-19)23-5-3-2-4-22(23)25(29)30/h2-7,16,19,21H,8-15,17H2,1H3,(H,29,30). The van der Waals surface area contributed by atoms with Gasteiger partial charge in [0.1, 0.15) is 11.9 Å². The molecule has 2 saturated heterocycles. The summed E-state index contributed by atoms with van der Waals surface area (Å²) in [7, 11) is 0. The summed E-state index contributed by atoms with van der Waals surface area (Å²) in [6.45, 7) is 7.15. The van der Waals surface area contributed by atoms with E-state index in [1.807, 2.05) is 37.3 Å². The number of hydrogen-bond donors (Lipinski definition) is 1. The summed E-state index contributed by atoms with van der Waals surface area (Å²) in [5, 5.41) is 10.2. The minimum atomic E-state index is -0.850. The molecule has 6 heteroatoms. The van der Waals surface area contributed by atoms with E-state index < -0.39 is 5.97 Å². The molecule has 0 aromatic heterocycles. The van der Waals surface area contributed by atoms with E-state index in [0.29, 0.717) is 11.5 Å². The molecule has 2 fully saturated rings.